The molecule has 0 unspecified atom stereocenters. The molecule has 1 fully saturated rings. The third-order valence-electron chi connectivity index (χ3n) is 4.62. The molecule has 3 rings (SSSR count). The molecule has 0 aliphatic heterocycles. The Morgan fingerprint density at radius 3 is 2.45 bits per heavy atom. The summed E-state index contributed by atoms with van der Waals surface area (Å²) in [4.78, 5) is 0. The summed E-state index contributed by atoms with van der Waals surface area (Å²) in [5.41, 5.74) is 6.92. The highest BCUT2D eigenvalue weighted by Gasteiger charge is 2.30. The monoisotopic (exact) mass is 265 g/mol. The number of nitrogens with one attached hydrogen (secondary N) is 1. The summed E-state index contributed by atoms with van der Waals surface area (Å²) in [6.45, 7) is 6.55. The van der Waals surface area contributed by atoms with Gasteiger partial charge < -0.3 is 5.32 Å². The average Bonchev–Trinajstić information content (AvgIpc) is 2.38. The lowest BCUT2D eigenvalue weighted by Crippen LogP contribution is -2.34. The van der Waals surface area contributed by atoms with E-state index >= 15 is 0 Å². The van der Waals surface area contributed by atoms with Gasteiger partial charge in [0.2, 0.25) is 0 Å². The van der Waals surface area contributed by atoms with E-state index in [1.165, 1.54) is 40.8 Å². The van der Waals surface area contributed by atoms with Crippen molar-refractivity contribution in [2.24, 2.45) is 0 Å². The molecule has 20 heavy (non-hydrogen) atoms. The highest BCUT2D eigenvalue weighted by atomic mass is 14.9. The lowest BCUT2D eigenvalue weighted by molar-refractivity contribution is 0.374. The van der Waals surface area contributed by atoms with Crippen molar-refractivity contribution in [3.63, 3.8) is 0 Å². The molecule has 0 spiro atoms. The summed E-state index contributed by atoms with van der Waals surface area (Å²) in [6, 6.07) is 16.1. The van der Waals surface area contributed by atoms with Crippen LogP contribution in [0.15, 0.2) is 42.5 Å². The topological polar surface area (TPSA) is 12.0 Å². The second-order valence-corrected chi connectivity index (χ2v) is 6.17. The maximum Gasteiger partial charge on any atom is 0.0374 e. The summed E-state index contributed by atoms with van der Waals surface area (Å²) in [5.74, 6) is 0.734. The van der Waals surface area contributed by atoms with Crippen molar-refractivity contribution >= 4 is 5.69 Å². The molecule has 1 N–H and O–H groups in total. The highest BCUT2D eigenvalue weighted by Crippen LogP contribution is 2.39. The molecule has 0 heterocycles. The summed E-state index contributed by atoms with van der Waals surface area (Å²) in [6.07, 6.45) is 2.49. The van der Waals surface area contributed by atoms with Gasteiger partial charge in [-0.1, -0.05) is 42.0 Å². The predicted octanol–water partition coefficient (Wildman–Crippen LogP) is 4.97. The van der Waals surface area contributed by atoms with Crippen molar-refractivity contribution in [3.8, 4) is 0 Å². The molecular formula is C19H23N. The predicted molar refractivity (Wildman–Crippen MR) is 86.5 cm³/mol. The number of hydrogen-bond donors (Lipinski definition) is 1. The Morgan fingerprint density at radius 2 is 1.70 bits per heavy atom. The molecule has 0 amide bonds. The Hall–Kier alpha value is -1.76. The van der Waals surface area contributed by atoms with E-state index in [1.54, 1.807) is 0 Å². The second-order valence-electron chi connectivity index (χ2n) is 6.17. The van der Waals surface area contributed by atoms with Crippen LogP contribution in [0, 0.1) is 20.8 Å². The number of rotatable bonds is 3. The minimum absolute atomic E-state index is 0.626. The molecular weight excluding hydrogens is 242 g/mol. The minimum Gasteiger partial charge on any atom is -0.382 e. The van der Waals surface area contributed by atoms with E-state index in [9.17, 15) is 0 Å². The minimum atomic E-state index is 0.626. The van der Waals surface area contributed by atoms with Gasteiger partial charge in [-0.3, -0.25) is 0 Å². The Kier molecular flexibility index (Phi) is 3.52. The first-order valence-corrected chi connectivity index (χ1v) is 7.53. The van der Waals surface area contributed by atoms with Gasteiger partial charge in [-0.15, -0.1) is 0 Å². The third kappa shape index (κ3) is 2.58. The third-order valence-corrected chi connectivity index (χ3v) is 4.62. The van der Waals surface area contributed by atoms with Gasteiger partial charge in [-0.25, -0.2) is 0 Å². The molecule has 0 saturated heterocycles. The molecule has 104 valence electrons. The van der Waals surface area contributed by atoms with E-state index < -0.39 is 0 Å². The van der Waals surface area contributed by atoms with Crippen LogP contribution in [0.1, 0.15) is 41.0 Å². The molecule has 0 atom stereocenters. The van der Waals surface area contributed by atoms with Crippen molar-refractivity contribution < 1.29 is 0 Å². The van der Waals surface area contributed by atoms with Crippen molar-refractivity contribution in [2.45, 2.75) is 45.6 Å². The van der Waals surface area contributed by atoms with E-state index in [4.69, 9.17) is 0 Å². The summed E-state index contributed by atoms with van der Waals surface area (Å²) >= 11 is 0. The molecule has 1 saturated carbocycles. The fourth-order valence-electron chi connectivity index (χ4n) is 3.06. The molecule has 0 aromatic heterocycles. The Labute approximate surface area is 122 Å². The lowest BCUT2D eigenvalue weighted by atomic mass is 9.75. The zero-order valence-electron chi connectivity index (χ0n) is 12.6. The molecule has 1 aliphatic carbocycles. The van der Waals surface area contributed by atoms with Gasteiger partial charge in [0.15, 0.2) is 0 Å². The lowest BCUT2D eigenvalue weighted by Gasteiger charge is -2.37. The Morgan fingerprint density at radius 1 is 0.950 bits per heavy atom. The fourth-order valence-corrected chi connectivity index (χ4v) is 3.06. The molecule has 0 radical (unpaired) electrons. The Bertz CT molecular complexity index is 609. The van der Waals surface area contributed by atoms with Gasteiger partial charge in [-0.2, -0.15) is 0 Å². The highest BCUT2D eigenvalue weighted by molar-refractivity contribution is 5.54. The normalized spacial score (nSPS) is 21.4. The largest absolute Gasteiger partial charge is 0.382 e. The van der Waals surface area contributed by atoms with Crippen LogP contribution in [0.5, 0.6) is 0 Å². The summed E-state index contributed by atoms with van der Waals surface area (Å²) in [7, 11) is 0. The number of aryl methyl sites for hydroxylation is 2. The van der Waals surface area contributed by atoms with Crippen LogP contribution in [0.2, 0.25) is 0 Å². The number of anilines is 1. The van der Waals surface area contributed by atoms with Crippen molar-refractivity contribution in [1.29, 1.82) is 0 Å². The first-order valence-electron chi connectivity index (χ1n) is 7.53. The summed E-state index contributed by atoms with van der Waals surface area (Å²) < 4.78 is 0. The second kappa shape index (κ2) is 5.32. The fraction of sp³-hybridized carbons (Fsp3) is 0.368. The Balaban J connectivity index is 1.62. The van der Waals surface area contributed by atoms with Crippen LogP contribution in [-0.4, -0.2) is 6.04 Å². The molecule has 2 aromatic rings. The van der Waals surface area contributed by atoms with Crippen molar-refractivity contribution in [3.05, 3.63) is 64.7 Å². The van der Waals surface area contributed by atoms with Crippen LogP contribution in [-0.2, 0) is 0 Å². The van der Waals surface area contributed by atoms with Crippen LogP contribution in [0.3, 0.4) is 0 Å². The molecule has 1 aliphatic rings. The molecule has 1 heteroatoms. The van der Waals surface area contributed by atoms with E-state index in [1.807, 2.05) is 0 Å². The van der Waals surface area contributed by atoms with Gasteiger partial charge in [0, 0.05) is 11.7 Å². The van der Waals surface area contributed by atoms with Crippen LogP contribution in [0.4, 0.5) is 5.69 Å². The standard InChI is InChI=1S/C19H23N/c1-13-6-4-8-16(10-13)17-11-18(12-17)20-19-9-5-7-14(2)15(19)3/h4-10,17-18,20H,11-12H2,1-3H3. The van der Waals surface area contributed by atoms with E-state index in [2.05, 4.69) is 68.6 Å². The van der Waals surface area contributed by atoms with Gasteiger partial charge in [0.25, 0.3) is 0 Å². The maximum absolute atomic E-state index is 3.70. The first kappa shape index (κ1) is 13.2. The van der Waals surface area contributed by atoms with Crippen molar-refractivity contribution in [2.75, 3.05) is 5.32 Å². The van der Waals surface area contributed by atoms with Gasteiger partial charge in [0.1, 0.15) is 0 Å². The average molecular weight is 265 g/mol. The van der Waals surface area contributed by atoms with Gasteiger partial charge in [-0.05, 0) is 62.3 Å². The molecule has 0 bridgehead atoms. The molecule has 2 aromatic carbocycles. The van der Waals surface area contributed by atoms with Crippen LogP contribution in [0.25, 0.3) is 0 Å². The van der Waals surface area contributed by atoms with E-state index in [0.717, 1.165) is 5.92 Å². The van der Waals surface area contributed by atoms with E-state index in [-0.39, 0.29) is 0 Å². The van der Waals surface area contributed by atoms with Gasteiger partial charge >= 0.3 is 0 Å². The van der Waals surface area contributed by atoms with Gasteiger partial charge in [0.05, 0.1) is 0 Å². The zero-order valence-corrected chi connectivity index (χ0v) is 12.6. The van der Waals surface area contributed by atoms with Crippen LogP contribution < -0.4 is 5.32 Å². The number of hydrogen-bond acceptors (Lipinski definition) is 1. The molecule has 1 nitrogen and oxygen atoms in total. The first-order chi connectivity index (χ1) is 9.63. The quantitative estimate of drug-likeness (QED) is 0.826. The zero-order chi connectivity index (χ0) is 14.1. The maximum atomic E-state index is 3.70. The van der Waals surface area contributed by atoms with Crippen LogP contribution >= 0.6 is 0 Å². The van der Waals surface area contributed by atoms with Crippen molar-refractivity contribution in [1.82, 2.24) is 0 Å². The smallest absolute Gasteiger partial charge is 0.0374 e. The summed E-state index contributed by atoms with van der Waals surface area (Å²) in [5, 5.41) is 3.70. The number of benzene rings is 2. The SMILES string of the molecule is Cc1cccc(C2CC(Nc3cccc(C)c3C)C2)c1. The van der Waals surface area contributed by atoms with E-state index in [0.29, 0.717) is 6.04 Å².